The summed E-state index contributed by atoms with van der Waals surface area (Å²) < 4.78 is 3.60. The van der Waals surface area contributed by atoms with Gasteiger partial charge >= 0.3 is 118 Å². The van der Waals surface area contributed by atoms with Crippen molar-refractivity contribution in [2.24, 2.45) is 11.8 Å². The molecule has 104 valence electrons. The SMILES string of the molecule is CC1=CC(C)=[C]([Zr+2][C]2=C(C)C=C(C)C2C)C1C.[Cl-].[Cl-]. The predicted molar refractivity (Wildman–Crippen MR) is 71.2 cm³/mol. The summed E-state index contributed by atoms with van der Waals surface area (Å²) >= 11 is -0.548. The fourth-order valence-corrected chi connectivity index (χ4v) is 7.01. The molecule has 0 N–H and O–H groups in total. The van der Waals surface area contributed by atoms with Gasteiger partial charge in [0.1, 0.15) is 0 Å². The van der Waals surface area contributed by atoms with Crippen LogP contribution in [0.3, 0.4) is 0 Å². The largest absolute Gasteiger partial charge is 1.00 e. The first-order valence-corrected chi connectivity index (χ1v) is 8.92. The average Bonchev–Trinajstić information content (AvgIpc) is 2.62. The number of hydrogen-bond donors (Lipinski definition) is 0. The number of allylic oxidation sites excluding steroid dienone is 8. The zero-order chi connectivity index (χ0) is 12.7. The monoisotopic (exact) mass is 374 g/mol. The smallest absolute Gasteiger partial charge is 1.00 e. The van der Waals surface area contributed by atoms with E-state index in [1.54, 1.807) is 28.9 Å². The molecule has 0 radical (unpaired) electrons. The Morgan fingerprint density at radius 2 is 1.05 bits per heavy atom. The van der Waals surface area contributed by atoms with Gasteiger partial charge in [0.2, 0.25) is 0 Å². The summed E-state index contributed by atoms with van der Waals surface area (Å²) in [5.74, 6) is 1.44. The standard InChI is InChI=1S/2C8H11.2ClH.Zr/c2*1-6-4-7(2)8(3)5-6;;;/h2*4,8H,1-3H3;2*1H;/q;;;;+2/p-2. The Labute approximate surface area is 141 Å². The fraction of sp³-hybridized carbons (Fsp3) is 0.500. The van der Waals surface area contributed by atoms with Crippen molar-refractivity contribution in [2.45, 2.75) is 41.5 Å². The number of hydrogen-bond acceptors (Lipinski definition) is 0. The van der Waals surface area contributed by atoms with Crippen LogP contribution in [0.1, 0.15) is 41.5 Å². The summed E-state index contributed by atoms with van der Waals surface area (Å²) in [6.07, 6.45) is 4.80. The zero-order valence-electron chi connectivity index (χ0n) is 12.6. The van der Waals surface area contributed by atoms with Gasteiger partial charge in [-0.15, -0.1) is 0 Å². The van der Waals surface area contributed by atoms with E-state index in [9.17, 15) is 0 Å². The van der Waals surface area contributed by atoms with E-state index < -0.39 is 23.2 Å². The Balaban J connectivity index is 0.00000162. The van der Waals surface area contributed by atoms with Crippen LogP contribution in [0.15, 0.2) is 41.0 Å². The molecule has 0 fully saturated rings. The normalized spacial score (nSPS) is 25.6. The molecule has 2 atom stereocenters. The van der Waals surface area contributed by atoms with Gasteiger partial charge in [-0.3, -0.25) is 0 Å². The third-order valence-electron chi connectivity index (χ3n) is 4.24. The molecule has 0 amide bonds. The van der Waals surface area contributed by atoms with Gasteiger partial charge in [0.25, 0.3) is 0 Å². The van der Waals surface area contributed by atoms with E-state index in [2.05, 4.69) is 53.7 Å². The van der Waals surface area contributed by atoms with Crippen molar-refractivity contribution in [3.05, 3.63) is 41.0 Å². The molecular formula is C16H22Cl2Zr. The third kappa shape index (κ3) is 3.75. The van der Waals surface area contributed by atoms with E-state index >= 15 is 0 Å². The predicted octanol–water partition coefficient (Wildman–Crippen LogP) is -1.18. The maximum Gasteiger partial charge on any atom is -1.00 e. The van der Waals surface area contributed by atoms with E-state index in [4.69, 9.17) is 0 Å². The van der Waals surface area contributed by atoms with Crippen LogP contribution in [0.4, 0.5) is 0 Å². The first-order chi connectivity index (χ1) is 7.91. The van der Waals surface area contributed by atoms with Crippen LogP contribution in [0.5, 0.6) is 0 Å². The van der Waals surface area contributed by atoms with Crippen LogP contribution in [0.2, 0.25) is 0 Å². The van der Waals surface area contributed by atoms with Crippen molar-refractivity contribution in [2.75, 3.05) is 0 Å². The molecule has 0 bridgehead atoms. The molecular weight excluding hydrogens is 354 g/mol. The van der Waals surface area contributed by atoms with E-state index in [1.165, 1.54) is 0 Å². The molecule has 2 aliphatic carbocycles. The third-order valence-corrected chi connectivity index (χ3v) is 9.63. The van der Waals surface area contributed by atoms with Crippen molar-refractivity contribution in [3.63, 3.8) is 0 Å². The minimum Gasteiger partial charge on any atom is -1.00 e. The van der Waals surface area contributed by atoms with Gasteiger partial charge in [0, 0.05) is 0 Å². The van der Waals surface area contributed by atoms with Crippen molar-refractivity contribution in [1.29, 1.82) is 0 Å². The van der Waals surface area contributed by atoms with E-state index in [1.807, 2.05) is 0 Å². The Kier molecular flexibility index (Phi) is 7.60. The summed E-state index contributed by atoms with van der Waals surface area (Å²) in [5, 5.41) is 0. The second-order valence-corrected chi connectivity index (χ2v) is 8.80. The Morgan fingerprint density at radius 3 is 1.26 bits per heavy atom. The van der Waals surface area contributed by atoms with E-state index in [-0.39, 0.29) is 24.8 Å². The molecule has 2 aliphatic rings. The maximum atomic E-state index is 2.40. The topological polar surface area (TPSA) is 0 Å². The molecule has 3 heteroatoms. The minimum absolute atomic E-state index is 0. The minimum atomic E-state index is -0.548. The summed E-state index contributed by atoms with van der Waals surface area (Å²) in [7, 11) is 0. The van der Waals surface area contributed by atoms with Crippen LogP contribution in [-0.4, -0.2) is 0 Å². The second-order valence-electron chi connectivity index (χ2n) is 5.54. The Morgan fingerprint density at radius 1 is 0.737 bits per heavy atom. The summed E-state index contributed by atoms with van der Waals surface area (Å²) in [6, 6.07) is 0. The molecule has 0 aromatic carbocycles. The molecule has 0 aromatic heterocycles. The second kappa shape index (κ2) is 7.44. The van der Waals surface area contributed by atoms with Crippen LogP contribution < -0.4 is 24.8 Å². The zero-order valence-corrected chi connectivity index (χ0v) is 16.5. The van der Waals surface area contributed by atoms with Crippen molar-refractivity contribution < 1.29 is 48.0 Å². The Hall–Kier alpha value is 0.423. The van der Waals surface area contributed by atoms with Crippen LogP contribution in [0.25, 0.3) is 0 Å². The van der Waals surface area contributed by atoms with Gasteiger partial charge < -0.3 is 24.8 Å². The molecule has 0 saturated carbocycles. The molecule has 2 unspecified atom stereocenters. The van der Waals surface area contributed by atoms with E-state index in [0.717, 1.165) is 11.8 Å². The molecule has 0 saturated heterocycles. The molecule has 0 spiro atoms. The van der Waals surface area contributed by atoms with Gasteiger partial charge in [0.05, 0.1) is 0 Å². The van der Waals surface area contributed by atoms with Gasteiger partial charge in [-0.05, 0) is 0 Å². The fourth-order valence-electron chi connectivity index (χ4n) is 2.79. The van der Waals surface area contributed by atoms with Crippen LogP contribution in [0, 0.1) is 11.8 Å². The van der Waals surface area contributed by atoms with Gasteiger partial charge in [-0.1, -0.05) is 0 Å². The summed E-state index contributed by atoms with van der Waals surface area (Å²) in [4.78, 5) is 0. The van der Waals surface area contributed by atoms with Crippen molar-refractivity contribution in [3.8, 4) is 0 Å². The molecule has 0 heterocycles. The first kappa shape index (κ1) is 19.4. The summed E-state index contributed by atoms with van der Waals surface area (Å²) in [6.45, 7) is 13.9. The molecule has 19 heavy (non-hydrogen) atoms. The van der Waals surface area contributed by atoms with Gasteiger partial charge in [-0.2, -0.15) is 0 Å². The maximum absolute atomic E-state index is 2.40. The Bertz CT molecular complexity index is 437. The van der Waals surface area contributed by atoms with Crippen LogP contribution >= 0.6 is 0 Å². The molecule has 0 aliphatic heterocycles. The molecule has 2 rings (SSSR count). The average molecular weight is 376 g/mol. The van der Waals surface area contributed by atoms with Gasteiger partial charge in [0.15, 0.2) is 0 Å². The molecule has 0 aromatic rings. The number of halogens is 2. The first-order valence-electron chi connectivity index (χ1n) is 6.46. The van der Waals surface area contributed by atoms with E-state index in [0.29, 0.717) is 0 Å². The number of rotatable bonds is 2. The van der Waals surface area contributed by atoms with Gasteiger partial charge in [-0.25, -0.2) is 0 Å². The molecule has 0 nitrogen and oxygen atoms in total. The quantitative estimate of drug-likeness (QED) is 0.569. The van der Waals surface area contributed by atoms with Crippen molar-refractivity contribution >= 4 is 0 Å². The summed E-state index contributed by atoms with van der Waals surface area (Å²) in [5.41, 5.74) is 6.26. The van der Waals surface area contributed by atoms with Crippen LogP contribution in [-0.2, 0) is 23.2 Å². The van der Waals surface area contributed by atoms with Crippen molar-refractivity contribution in [1.82, 2.24) is 0 Å².